The van der Waals surface area contributed by atoms with Crippen molar-refractivity contribution in [3.63, 3.8) is 0 Å². The largest absolute Gasteiger partial charge is 0.387 e. The molecule has 130 valence electrons. The van der Waals surface area contributed by atoms with Crippen LogP contribution in [0.15, 0.2) is 30.6 Å². The van der Waals surface area contributed by atoms with E-state index in [-0.39, 0.29) is 5.91 Å². The maximum Gasteiger partial charge on any atom is 0.255 e. The molecule has 0 saturated carbocycles. The van der Waals surface area contributed by atoms with Crippen LogP contribution in [0.5, 0.6) is 0 Å². The number of carbonyl (C=O) groups excluding carboxylic acids is 1. The molecule has 7 nitrogen and oxygen atoms in total. The van der Waals surface area contributed by atoms with Gasteiger partial charge in [-0.3, -0.25) is 9.48 Å². The summed E-state index contributed by atoms with van der Waals surface area (Å²) in [5, 5.41) is 14.4. The van der Waals surface area contributed by atoms with E-state index < -0.39 is 6.10 Å². The number of rotatable bonds is 3. The highest BCUT2D eigenvalue weighted by Gasteiger charge is 2.24. The third kappa shape index (κ3) is 2.80. The Morgan fingerprint density at radius 1 is 1.32 bits per heavy atom. The first-order valence-corrected chi connectivity index (χ1v) is 8.54. The zero-order valence-corrected chi connectivity index (χ0v) is 14.4. The summed E-state index contributed by atoms with van der Waals surface area (Å²) in [4.78, 5) is 19.1. The van der Waals surface area contributed by atoms with E-state index in [9.17, 15) is 9.90 Å². The summed E-state index contributed by atoms with van der Waals surface area (Å²) in [7, 11) is 0. The Labute approximate surface area is 145 Å². The average Bonchev–Trinajstić information content (AvgIpc) is 3.21. The van der Waals surface area contributed by atoms with Crippen LogP contribution in [0.1, 0.15) is 46.9 Å². The SMILES string of the molecule is CC[C@@H](O)c1cc2n(n1)CCN(C(=O)c1ccc3nc(C)cn3c1)C2. The van der Waals surface area contributed by atoms with Crippen molar-refractivity contribution in [1.82, 2.24) is 24.1 Å². The van der Waals surface area contributed by atoms with Crippen LogP contribution >= 0.6 is 0 Å². The highest BCUT2D eigenvalue weighted by molar-refractivity contribution is 5.94. The lowest BCUT2D eigenvalue weighted by molar-refractivity contribution is 0.0705. The van der Waals surface area contributed by atoms with Crippen LogP contribution in [-0.2, 0) is 13.1 Å². The van der Waals surface area contributed by atoms with Crippen molar-refractivity contribution in [3.05, 3.63) is 53.2 Å². The summed E-state index contributed by atoms with van der Waals surface area (Å²) in [6.07, 6.45) is 3.82. The van der Waals surface area contributed by atoms with Crippen LogP contribution < -0.4 is 0 Å². The fourth-order valence-corrected chi connectivity index (χ4v) is 3.26. The minimum absolute atomic E-state index is 0.00158. The molecule has 4 rings (SSSR count). The Morgan fingerprint density at radius 3 is 2.96 bits per heavy atom. The number of amides is 1. The van der Waals surface area contributed by atoms with E-state index in [0.29, 0.717) is 37.3 Å². The summed E-state index contributed by atoms with van der Waals surface area (Å²) in [6.45, 7) is 5.61. The van der Waals surface area contributed by atoms with Crippen LogP contribution in [0.2, 0.25) is 0 Å². The van der Waals surface area contributed by atoms with E-state index >= 15 is 0 Å². The number of carbonyl (C=O) groups is 1. The number of aromatic nitrogens is 4. The van der Waals surface area contributed by atoms with Gasteiger partial charge in [-0.15, -0.1) is 0 Å². The molecule has 25 heavy (non-hydrogen) atoms. The number of fused-ring (bicyclic) bond motifs is 2. The van der Waals surface area contributed by atoms with Gasteiger partial charge in [-0.25, -0.2) is 4.98 Å². The van der Waals surface area contributed by atoms with Gasteiger partial charge in [0.25, 0.3) is 5.91 Å². The van der Waals surface area contributed by atoms with Gasteiger partial charge in [0, 0.05) is 18.9 Å². The van der Waals surface area contributed by atoms with E-state index in [1.165, 1.54) is 0 Å². The number of hydrogen-bond donors (Lipinski definition) is 1. The number of nitrogens with zero attached hydrogens (tertiary/aromatic N) is 5. The van der Waals surface area contributed by atoms with Crippen LogP contribution in [0.25, 0.3) is 5.65 Å². The quantitative estimate of drug-likeness (QED) is 0.791. The first-order chi connectivity index (χ1) is 12.0. The molecule has 0 saturated heterocycles. The molecule has 3 aromatic rings. The standard InChI is InChI=1S/C18H21N5O2/c1-3-16(24)15-8-14-11-21(6-7-23(14)20-15)18(25)13-4-5-17-19-12(2)9-22(17)10-13/h4-5,8-10,16,24H,3,6-7,11H2,1-2H3/t16-/m1/s1. The van der Waals surface area contributed by atoms with Crippen molar-refractivity contribution < 1.29 is 9.90 Å². The minimum atomic E-state index is -0.547. The molecule has 0 spiro atoms. The third-order valence-corrected chi connectivity index (χ3v) is 4.65. The van der Waals surface area contributed by atoms with Crippen molar-refractivity contribution in [3.8, 4) is 0 Å². The smallest absolute Gasteiger partial charge is 0.255 e. The molecule has 4 heterocycles. The molecule has 0 aliphatic carbocycles. The molecule has 0 fully saturated rings. The van der Waals surface area contributed by atoms with Crippen molar-refractivity contribution >= 4 is 11.6 Å². The Morgan fingerprint density at radius 2 is 2.16 bits per heavy atom. The second-order valence-corrected chi connectivity index (χ2v) is 6.50. The summed E-state index contributed by atoms with van der Waals surface area (Å²) in [5.74, 6) is -0.00158. The molecular formula is C18H21N5O2. The molecule has 0 unspecified atom stereocenters. The molecule has 7 heteroatoms. The van der Waals surface area contributed by atoms with Crippen molar-refractivity contribution in [2.75, 3.05) is 6.54 Å². The number of pyridine rings is 1. The van der Waals surface area contributed by atoms with Crippen LogP contribution in [0.4, 0.5) is 0 Å². The summed E-state index contributed by atoms with van der Waals surface area (Å²) in [6, 6.07) is 5.59. The van der Waals surface area contributed by atoms with Gasteiger partial charge in [0.1, 0.15) is 5.65 Å². The van der Waals surface area contributed by atoms with Crippen molar-refractivity contribution in [2.45, 2.75) is 39.5 Å². The zero-order valence-electron chi connectivity index (χ0n) is 14.4. The molecular weight excluding hydrogens is 318 g/mol. The van der Waals surface area contributed by atoms with E-state index in [1.54, 1.807) is 0 Å². The van der Waals surface area contributed by atoms with Gasteiger partial charge in [-0.05, 0) is 31.5 Å². The molecule has 0 aromatic carbocycles. The van der Waals surface area contributed by atoms with E-state index in [2.05, 4.69) is 10.1 Å². The molecule has 1 N–H and O–H groups in total. The van der Waals surface area contributed by atoms with Gasteiger partial charge in [0.15, 0.2) is 0 Å². The maximum atomic E-state index is 12.9. The molecule has 0 bridgehead atoms. The first-order valence-electron chi connectivity index (χ1n) is 8.54. The summed E-state index contributed by atoms with van der Waals surface area (Å²) in [5.41, 5.74) is 4.05. The van der Waals surface area contributed by atoms with Crippen LogP contribution in [-0.4, -0.2) is 41.6 Å². The summed E-state index contributed by atoms with van der Waals surface area (Å²) >= 11 is 0. The minimum Gasteiger partial charge on any atom is -0.387 e. The Hall–Kier alpha value is -2.67. The molecule has 0 radical (unpaired) electrons. The third-order valence-electron chi connectivity index (χ3n) is 4.65. The topological polar surface area (TPSA) is 75.7 Å². The molecule has 3 aromatic heterocycles. The van der Waals surface area contributed by atoms with Gasteiger partial charge in [-0.2, -0.15) is 5.10 Å². The second-order valence-electron chi connectivity index (χ2n) is 6.50. The number of aliphatic hydroxyl groups excluding tert-OH is 1. The fraction of sp³-hybridized carbons (Fsp3) is 0.389. The number of aliphatic hydroxyl groups is 1. The summed E-state index contributed by atoms with van der Waals surface area (Å²) < 4.78 is 3.77. The lowest BCUT2D eigenvalue weighted by Gasteiger charge is -2.27. The fourth-order valence-electron chi connectivity index (χ4n) is 3.26. The van der Waals surface area contributed by atoms with E-state index in [1.807, 2.05) is 58.4 Å². The van der Waals surface area contributed by atoms with Gasteiger partial charge in [-0.1, -0.05) is 6.92 Å². The predicted octanol–water partition coefficient (Wildman–Crippen LogP) is 1.94. The highest BCUT2D eigenvalue weighted by Crippen LogP contribution is 2.21. The Kier molecular flexibility index (Phi) is 3.80. The Bertz CT molecular complexity index is 942. The van der Waals surface area contributed by atoms with E-state index in [0.717, 1.165) is 17.0 Å². The predicted molar refractivity (Wildman–Crippen MR) is 92.1 cm³/mol. The molecule has 1 aliphatic rings. The molecule has 1 atom stereocenters. The van der Waals surface area contributed by atoms with Gasteiger partial charge in [0.2, 0.25) is 0 Å². The Balaban J connectivity index is 1.57. The monoisotopic (exact) mass is 339 g/mol. The molecule has 1 aliphatic heterocycles. The van der Waals surface area contributed by atoms with Gasteiger partial charge in [0.05, 0.1) is 41.8 Å². The maximum absolute atomic E-state index is 12.9. The number of imidazole rings is 1. The first kappa shape index (κ1) is 15.8. The van der Waals surface area contributed by atoms with Crippen molar-refractivity contribution in [2.24, 2.45) is 0 Å². The van der Waals surface area contributed by atoms with Crippen LogP contribution in [0, 0.1) is 6.92 Å². The normalized spacial score (nSPS) is 15.4. The zero-order chi connectivity index (χ0) is 17.6. The van der Waals surface area contributed by atoms with Gasteiger partial charge >= 0.3 is 0 Å². The van der Waals surface area contributed by atoms with E-state index in [4.69, 9.17) is 0 Å². The van der Waals surface area contributed by atoms with Crippen molar-refractivity contribution in [1.29, 1.82) is 0 Å². The van der Waals surface area contributed by atoms with Crippen LogP contribution in [0.3, 0.4) is 0 Å². The lowest BCUT2D eigenvalue weighted by atomic mass is 10.2. The second kappa shape index (κ2) is 6.00. The number of hydrogen-bond acceptors (Lipinski definition) is 4. The average molecular weight is 339 g/mol. The lowest BCUT2D eigenvalue weighted by Crippen LogP contribution is -2.38. The number of aryl methyl sites for hydroxylation is 1. The highest BCUT2D eigenvalue weighted by atomic mass is 16.3. The van der Waals surface area contributed by atoms with Gasteiger partial charge < -0.3 is 14.4 Å². The molecule has 1 amide bonds.